The van der Waals surface area contributed by atoms with Crippen LogP contribution in [0.5, 0.6) is 0 Å². The Hall–Kier alpha value is -2.14. The maximum atomic E-state index is 12.8. The van der Waals surface area contributed by atoms with Crippen molar-refractivity contribution in [3.63, 3.8) is 0 Å². The highest BCUT2D eigenvalue weighted by molar-refractivity contribution is 6.08. The molecular formula is C17H22N4O. The lowest BCUT2D eigenvalue weighted by Crippen LogP contribution is -2.49. The van der Waals surface area contributed by atoms with Gasteiger partial charge in [0.15, 0.2) is 0 Å². The summed E-state index contributed by atoms with van der Waals surface area (Å²) in [5.74, 6) is 0.146. The van der Waals surface area contributed by atoms with E-state index >= 15 is 0 Å². The van der Waals surface area contributed by atoms with Crippen LogP contribution in [0, 0.1) is 5.41 Å². The Kier molecular flexibility index (Phi) is 4.24. The number of rotatable bonds is 3. The monoisotopic (exact) mass is 298 g/mol. The largest absolute Gasteiger partial charge is 0.404 e. The summed E-state index contributed by atoms with van der Waals surface area (Å²) in [5, 5.41) is 10.7. The molecule has 4 N–H and O–H groups in total. The van der Waals surface area contributed by atoms with E-state index in [9.17, 15) is 4.79 Å². The van der Waals surface area contributed by atoms with E-state index in [1.54, 1.807) is 0 Å². The van der Waals surface area contributed by atoms with Gasteiger partial charge < -0.3 is 21.4 Å². The Morgan fingerprint density at radius 1 is 1.36 bits per heavy atom. The van der Waals surface area contributed by atoms with Crippen molar-refractivity contribution >= 4 is 17.7 Å². The molecule has 0 bridgehead atoms. The summed E-state index contributed by atoms with van der Waals surface area (Å²) < 4.78 is 0. The van der Waals surface area contributed by atoms with Gasteiger partial charge in [0.05, 0.1) is 0 Å². The third-order valence-electron chi connectivity index (χ3n) is 4.64. The molecule has 3 rings (SSSR count). The zero-order chi connectivity index (χ0) is 15.5. The zero-order valence-corrected chi connectivity index (χ0v) is 12.6. The maximum Gasteiger partial charge on any atom is 0.254 e. The molecule has 1 aromatic rings. The van der Waals surface area contributed by atoms with Gasteiger partial charge in [0.2, 0.25) is 0 Å². The minimum absolute atomic E-state index is 0.146. The quantitative estimate of drug-likeness (QED) is 0.737. The third-order valence-corrected chi connectivity index (χ3v) is 4.64. The Morgan fingerprint density at radius 2 is 2.14 bits per heavy atom. The molecule has 1 amide bonds. The summed E-state index contributed by atoms with van der Waals surface area (Å²) in [7, 11) is 0. The van der Waals surface area contributed by atoms with Crippen LogP contribution in [0.3, 0.4) is 0 Å². The molecule has 2 aliphatic rings. The van der Waals surface area contributed by atoms with E-state index in [0.717, 1.165) is 55.6 Å². The molecule has 116 valence electrons. The van der Waals surface area contributed by atoms with E-state index in [2.05, 4.69) is 5.32 Å². The van der Waals surface area contributed by atoms with Crippen LogP contribution in [-0.4, -0.2) is 42.7 Å². The molecule has 0 atom stereocenters. The number of hydrogen-bond acceptors (Lipinski definition) is 4. The number of nitrogens with zero attached hydrogens (tertiary/aromatic N) is 1. The van der Waals surface area contributed by atoms with Gasteiger partial charge in [0, 0.05) is 36.1 Å². The van der Waals surface area contributed by atoms with Crippen molar-refractivity contribution in [2.24, 2.45) is 5.73 Å². The van der Waals surface area contributed by atoms with Crippen molar-refractivity contribution in [3.8, 4) is 0 Å². The fraction of sp³-hybridized carbons (Fsp3) is 0.412. The van der Waals surface area contributed by atoms with Gasteiger partial charge in [0.1, 0.15) is 0 Å². The van der Waals surface area contributed by atoms with Crippen molar-refractivity contribution in [1.29, 1.82) is 5.41 Å². The first-order valence-electron chi connectivity index (χ1n) is 7.82. The van der Waals surface area contributed by atoms with Crippen molar-refractivity contribution in [2.75, 3.05) is 19.6 Å². The molecule has 2 heterocycles. The molecule has 0 spiro atoms. The molecule has 2 aliphatic heterocycles. The van der Waals surface area contributed by atoms with Gasteiger partial charge in [0.25, 0.3) is 5.91 Å². The molecule has 1 saturated heterocycles. The van der Waals surface area contributed by atoms with Crippen molar-refractivity contribution in [3.05, 3.63) is 41.1 Å². The molecule has 22 heavy (non-hydrogen) atoms. The summed E-state index contributed by atoms with van der Waals surface area (Å²) in [6, 6.07) is 6.12. The second-order valence-corrected chi connectivity index (χ2v) is 5.87. The van der Waals surface area contributed by atoms with Gasteiger partial charge in [-0.15, -0.1) is 0 Å². The van der Waals surface area contributed by atoms with E-state index in [1.807, 2.05) is 23.1 Å². The predicted molar refractivity (Wildman–Crippen MR) is 88.0 cm³/mol. The van der Waals surface area contributed by atoms with Gasteiger partial charge >= 0.3 is 0 Å². The van der Waals surface area contributed by atoms with E-state index in [-0.39, 0.29) is 5.91 Å². The second-order valence-electron chi connectivity index (χ2n) is 5.87. The molecule has 5 nitrogen and oxygen atoms in total. The molecule has 1 fully saturated rings. The number of carbonyl (C=O) groups excluding carboxylic acids is 1. The topological polar surface area (TPSA) is 82.2 Å². The predicted octanol–water partition coefficient (Wildman–Crippen LogP) is 1.39. The number of fused-ring (bicyclic) bond motifs is 1. The number of nitrogens with one attached hydrogen (secondary N) is 2. The Balaban J connectivity index is 1.86. The first-order chi connectivity index (χ1) is 10.7. The number of amides is 1. The fourth-order valence-electron chi connectivity index (χ4n) is 3.38. The first kappa shape index (κ1) is 14.8. The Labute approximate surface area is 130 Å². The summed E-state index contributed by atoms with van der Waals surface area (Å²) >= 11 is 0. The van der Waals surface area contributed by atoms with E-state index in [0.29, 0.717) is 11.6 Å². The number of hydrogen-bond donors (Lipinski definition) is 3. The highest BCUT2D eigenvalue weighted by Crippen LogP contribution is 2.26. The molecular weight excluding hydrogens is 276 g/mol. The third kappa shape index (κ3) is 2.64. The highest BCUT2D eigenvalue weighted by Gasteiger charge is 2.30. The lowest BCUT2D eigenvalue weighted by Gasteiger charge is -2.37. The van der Waals surface area contributed by atoms with Crippen molar-refractivity contribution in [1.82, 2.24) is 10.2 Å². The Bertz CT molecular complexity index is 617. The zero-order valence-electron chi connectivity index (χ0n) is 12.6. The maximum absolute atomic E-state index is 12.8. The van der Waals surface area contributed by atoms with Crippen LogP contribution in [0.15, 0.2) is 24.4 Å². The lowest BCUT2D eigenvalue weighted by atomic mass is 9.92. The van der Waals surface area contributed by atoms with Gasteiger partial charge in [-0.25, -0.2) is 0 Å². The SMILES string of the molecule is N=CC(=CN)c1ccc2c(c1)CCN(C1CCNCC1)C2=O. The highest BCUT2D eigenvalue weighted by atomic mass is 16.2. The number of carbonyl (C=O) groups is 1. The number of piperidine rings is 1. The summed E-state index contributed by atoms with van der Waals surface area (Å²) in [4.78, 5) is 14.8. The molecule has 0 radical (unpaired) electrons. The van der Waals surface area contributed by atoms with Gasteiger partial charge in [-0.3, -0.25) is 4.79 Å². The standard InChI is InChI=1S/C17H22N4O/c18-10-14(11-19)12-1-2-16-13(9-12)5-8-21(17(16)22)15-3-6-20-7-4-15/h1-2,9-11,15,18,20H,3-8,19H2. The molecule has 0 saturated carbocycles. The molecule has 5 heteroatoms. The van der Waals surface area contributed by atoms with E-state index in [4.69, 9.17) is 11.1 Å². The number of benzene rings is 1. The lowest BCUT2D eigenvalue weighted by molar-refractivity contribution is 0.0623. The minimum Gasteiger partial charge on any atom is -0.404 e. The van der Waals surface area contributed by atoms with Crippen LogP contribution < -0.4 is 11.1 Å². The van der Waals surface area contributed by atoms with Crippen molar-refractivity contribution in [2.45, 2.75) is 25.3 Å². The van der Waals surface area contributed by atoms with Crippen LogP contribution in [0.25, 0.3) is 5.57 Å². The van der Waals surface area contributed by atoms with Gasteiger partial charge in [-0.1, -0.05) is 12.1 Å². The van der Waals surface area contributed by atoms with Gasteiger partial charge in [-0.05, 0) is 49.5 Å². The molecule has 0 aliphatic carbocycles. The van der Waals surface area contributed by atoms with Crippen LogP contribution in [0.1, 0.15) is 34.3 Å². The smallest absolute Gasteiger partial charge is 0.254 e. The first-order valence-corrected chi connectivity index (χ1v) is 7.82. The normalized spacial score (nSPS) is 19.9. The fourth-order valence-corrected chi connectivity index (χ4v) is 3.38. The van der Waals surface area contributed by atoms with Crippen molar-refractivity contribution < 1.29 is 4.79 Å². The molecule has 1 aromatic carbocycles. The average molecular weight is 298 g/mol. The minimum atomic E-state index is 0.146. The van der Waals surface area contributed by atoms with E-state index in [1.165, 1.54) is 12.4 Å². The second kappa shape index (κ2) is 6.32. The number of allylic oxidation sites excluding steroid dienone is 1. The summed E-state index contributed by atoms with van der Waals surface area (Å²) in [5.41, 5.74) is 8.99. The van der Waals surface area contributed by atoms with Crippen LogP contribution in [-0.2, 0) is 6.42 Å². The van der Waals surface area contributed by atoms with Crippen LogP contribution >= 0.6 is 0 Å². The average Bonchev–Trinajstić information content (AvgIpc) is 2.57. The molecule has 0 aromatic heterocycles. The Morgan fingerprint density at radius 3 is 2.82 bits per heavy atom. The summed E-state index contributed by atoms with van der Waals surface area (Å²) in [6.45, 7) is 2.76. The molecule has 0 unspecified atom stereocenters. The number of nitrogens with two attached hydrogens (primary N) is 1. The van der Waals surface area contributed by atoms with Crippen LogP contribution in [0.4, 0.5) is 0 Å². The van der Waals surface area contributed by atoms with E-state index < -0.39 is 0 Å². The van der Waals surface area contributed by atoms with Gasteiger partial charge in [-0.2, -0.15) is 0 Å². The van der Waals surface area contributed by atoms with Crippen LogP contribution in [0.2, 0.25) is 0 Å². The summed E-state index contributed by atoms with van der Waals surface area (Å²) in [6.07, 6.45) is 5.61.